The van der Waals surface area contributed by atoms with Crippen LogP contribution >= 0.6 is 11.3 Å². The highest BCUT2D eigenvalue weighted by molar-refractivity contribution is 7.13. The molecule has 0 radical (unpaired) electrons. The van der Waals surface area contributed by atoms with Gasteiger partial charge in [0.15, 0.2) is 0 Å². The number of aromatic carboxylic acids is 1. The van der Waals surface area contributed by atoms with Crippen molar-refractivity contribution >= 4 is 17.3 Å². The summed E-state index contributed by atoms with van der Waals surface area (Å²) >= 11 is 1.28. The third kappa shape index (κ3) is 1.22. The van der Waals surface area contributed by atoms with Crippen LogP contribution in [0.4, 0.5) is 0 Å². The van der Waals surface area contributed by atoms with E-state index in [4.69, 9.17) is 5.11 Å². The molecule has 2 rings (SSSR count). The molecule has 1 aromatic heterocycles. The molecule has 1 N–H and O–H groups in total. The van der Waals surface area contributed by atoms with Gasteiger partial charge in [-0.05, 0) is 19.8 Å². The van der Waals surface area contributed by atoms with E-state index < -0.39 is 5.97 Å². The Morgan fingerprint density at radius 3 is 2.83 bits per heavy atom. The van der Waals surface area contributed by atoms with Gasteiger partial charge in [0.2, 0.25) is 0 Å². The summed E-state index contributed by atoms with van der Waals surface area (Å²) in [6.07, 6.45) is 2.20. The maximum atomic E-state index is 10.7. The van der Waals surface area contributed by atoms with Crippen molar-refractivity contribution in [3.05, 3.63) is 15.6 Å². The molecule has 1 saturated carbocycles. The summed E-state index contributed by atoms with van der Waals surface area (Å²) < 4.78 is 0. The standard InChI is InChI=1S/C8H9NO2S/c1-4-9-6(5-2-3-5)7(12-4)8(10)11/h5H,2-3H2,1H3,(H,10,11). The zero-order valence-electron chi connectivity index (χ0n) is 6.70. The van der Waals surface area contributed by atoms with Gasteiger partial charge in [0.25, 0.3) is 0 Å². The molecule has 3 nitrogen and oxygen atoms in total. The predicted octanol–water partition coefficient (Wildman–Crippen LogP) is 2.03. The molecule has 0 aliphatic heterocycles. The SMILES string of the molecule is Cc1nc(C2CC2)c(C(=O)O)s1. The highest BCUT2D eigenvalue weighted by Crippen LogP contribution is 2.42. The molecular formula is C8H9NO2S. The molecular weight excluding hydrogens is 174 g/mol. The van der Waals surface area contributed by atoms with Crippen molar-refractivity contribution in [2.75, 3.05) is 0 Å². The van der Waals surface area contributed by atoms with Crippen LogP contribution in [-0.4, -0.2) is 16.1 Å². The second-order valence-electron chi connectivity index (χ2n) is 3.03. The summed E-state index contributed by atoms with van der Waals surface area (Å²) in [7, 11) is 0. The van der Waals surface area contributed by atoms with Crippen LogP contribution in [0.5, 0.6) is 0 Å². The van der Waals surface area contributed by atoms with Crippen LogP contribution < -0.4 is 0 Å². The van der Waals surface area contributed by atoms with Crippen LogP contribution in [0.2, 0.25) is 0 Å². The molecule has 1 aliphatic rings. The van der Waals surface area contributed by atoms with E-state index in [-0.39, 0.29) is 0 Å². The largest absolute Gasteiger partial charge is 0.477 e. The average molecular weight is 183 g/mol. The summed E-state index contributed by atoms with van der Waals surface area (Å²) in [6.45, 7) is 1.85. The van der Waals surface area contributed by atoms with E-state index in [1.807, 2.05) is 6.92 Å². The van der Waals surface area contributed by atoms with Gasteiger partial charge in [-0.1, -0.05) is 0 Å². The first kappa shape index (κ1) is 7.73. The Bertz CT molecular complexity index is 328. The molecule has 0 bridgehead atoms. The minimum atomic E-state index is -0.831. The van der Waals surface area contributed by atoms with Crippen LogP contribution in [0.15, 0.2) is 0 Å². The molecule has 0 atom stereocenters. The number of thiazole rings is 1. The minimum absolute atomic E-state index is 0.432. The fraction of sp³-hybridized carbons (Fsp3) is 0.500. The maximum absolute atomic E-state index is 10.7. The summed E-state index contributed by atoms with van der Waals surface area (Å²) in [4.78, 5) is 15.4. The normalized spacial score (nSPS) is 16.4. The minimum Gasteiger partial charge on any atom is -0.477 e. The van der Waals surface area contributed by atoms with Crippen LogP contribution in [0, 0.1) is 6.92 Å². The van der Waals surface area contributed by atoms with E-state index >= 15 is 0 Å². The zero-order valence-corrected chi connectivity index (χ0v) is 7.52. The van der Waals surface area contributed by atoms with Crippen molar-refractivity contribution in [1.29, 1.82) is 0 Å². The zero-order chi connectivity index (χ0) is 8.72. The predicted molar refractivity (Wildman–Crippen MR) is 45.8 cm³/mol. The van der Waals surface area contributed by atoms with Crippen LogP contribution in [-0.2, 0) is 0 Å². The molecule has 1 aromatic rings. The van der Waals surface area contributed by atoms with E-state index in [1.165, 1.54) is 11.3 Å². The molecule has 1 aliphatic carbocycles. The van der Waals surface area contributed by atoms with Crippen molar-refractivity contribution < 1.29 is 9.90 Å². The lowest BCUT2D eigenvalue weighted by molar-refractivity contribution is 0.0700. The molecule has 0 spiro atoms. The molecule has 64 valence electrons. The van der Waals surface area contributed by atoms with Crippen molar-refractivity contribution in [2.24, 2.45) is 0 Å². The highest BCUT2D eigenvalue weighted by atomic mass is 32.1. The molecule has 0 unspecified atom stereocenters. The fourth-order valence-electron chi connectivity index (χ4n) is 1.23. The summed E-state index contributed by atoms with van der Waals surface area (Å²) in [6, 6.07) is 0. The van der Waals surface area contributed by atoms with Gasteiger partial charge in [-0.2, -0.15) is 0 Å². The van der Waals surface area contributed by atoms with Crippen molar-refractivity contribution in [3.8, 4) is 0 Å². The van der Waals surface area contributed by atoms with Crippen LogP contribution in [0.25, 0.3) is 0 Å². The third-order valence-corrected chi connectivity index (χ3v) is 2.89. The number of carboxylic acids is 1. The van der Waals surface area contributed by atoms with Crippen molar-refractivity contribution in [2.45, 2.75) is 25.7 Å². The monoisotopic (exact) mass is 183 g/mol. The van der Waals surface area contributed by atoms with Gasteiger partial charge in [0, 0.05) is 5.92 Å². The van der Waals surface area contributed by atoms with E-state index in [9.17, 15) is 4.79 Å². The summed E-state index contributed by atoms with van der Waals surface area (Å²) in [5.41, 5.74) is 0.810. The first-order valence-electron chi connectivity index (χ1n) is 3.89. The van der Waals surface area contributed by atoms with Gasteiger partial charge in [-0.25, -0.2) is 9.78 Å². The van der Waals surface area contributed by atoms with Gasteiger partial charge < -0.3 is 5.11 Å². The Kier molecular flexibility index (Phi) is 1.65. The second kappa shape index (κ2) is 2.55. The number of rotatable bonds is 2. The highest BCUT2D eigenvalue weighted by Gasteiger charge is 2.31. The number of aromatic nitrogens is 1. The van der Waals surface area contributed by atoms with E-state index in [0.717, 1.165) is 23.5 Å². The summed E-state index contributed by atoms with van der Waals surface area (Å²) in [5, 5.41) is 9.68. The lowest BCUT2D eigenvalue weighted by Crippen LogP contribution is -1.97. The molecule has 0 amide bonds. The Balaban J connectivity index is 2.43. The fourth-order valence-corrected chi connectivity index (χ4v) is 2.07. The topological polar surface area (TPSA) is 50.2 Å². The van der Waals surface area contributed by atoms with Crippen LogP contribution in [0.3, 0.4) is 0 Å². The first-order chi connectivity index (χ1) is 5.68. The Morgan fingerprint density at radius 1 is 1.67 bits per heavy atom. The molecule has 12 heavy (non-hydrogen) atoms. The van der Waals surface area contributed by atoms with Gasteiger partial charge in [-0.15, -0.1) is 11.3 Å². The lowest BCUT2D eigenvalue weighted by atomic mass is 10.2. The quantitative estimate of drug-likeness (QED) is 0.763. The Hall–Kier alpha value is -0.900. The molecule has 0 aromatic carbocycles. The van der Waals surface area contributed by atoms with E-state index in [1.54, 1.807) is 0 Å². The second-order valence-corrected chi connectivity index (χ2v) is 4.23. The van der Waals surface area contributed by atoms with E-state index in [0.29, 0.717) is 10.8 Å². The molecule has 1 fully saturated rings. The number of carboxylic acid groups (broad SMARTS) is 1. The number of nitrogens with zero attached hydrogens (tertiary/aromatic N) is 1. The Morgan fingerprint density at radius 2 is 2.33 bits per heavy atom. The number of carbonyl (C=O) groups is 1. The molecule has 0 saturated heterocycles. The van der Waals surface area contributed by atoms with Gasteiger partial charge in [0.05, 0.1) is 10.7 Å². The number of aryl methyl sites for hydroxylation is 1. The van der Waals surface area contributed by atoms with E-state index in [2.05, 4.69) is 4.98 Å². The maximum Gasteiger partial charge on any atom is 0.347 e. The average Bonchev–Trinajstić information content (AvgIpc) is 2.75. The molecule has 4 heteroatoms. The van der Waals surface area contributed by atoms with Crippen LogP contribution in [0.1, 0.15) is 39.1 Å². The third-order valence-electron chi connectivity index (χ3n) is 1.92. The lowest BCUT2D eigenvalue weighted by Gasteiger charge is -1.91. The smallest absolute Gasteiger partial charge is 0.347 e. The number of hydrogen-bond acceptors (Lipinski definition) is 3. The summed E-state index contributed by atoms with van der Waals surface area (Å²) in [5.74, 6) is -0.399. The van der Waals surface area contributed by atoms with Crippen molar-refractivity contribution in [3.63, 3.8) is 0 Å². The van der Waals surface area contributed by atoms with Gasteiger partial charge >= 0.3 is 5.97 Å². The first-order valence-corrected chi connectivity index (χ1v) is 4.70. The molecule has 1 heterocycles. The van der Waals surface area contributed by atoms with Gasteiger partial charge in [0.1, 0.15) is 4.88 Å². The Labute approximate surface area is 74.1 Å². The van der Waals surface area contributed by atoms with Gasteiger partial charge in [-0.3, -0.25) is 0 Å². The van der Waals surface area contributed by atoms with Crippen molar-refractivity contribution in [1.82, 2.24) is 4.98 Å². The number of hydrogen-bond donors (Lipinski definition) is 1.